The van der Waals surface area contributed by atoms with Gasteiger partial charge in [0.05, 0.1) is 24.2 Å². The fourth-order valence-electron chi connectivity index (χ4n) is 4.06. The van der Waals surface area contributed by atoms with Crippen LogP contribution in [0.3, 0.4) is 0 Å². The van der Waals surface area contributed by atoms with E-state index in [1.165, 1.54) is 0 Å². The quantitative estimate of drug-likeness (QED) is 0.637. The lowest BCUT2D eigenvalue weighted by Gasteiger charge is -2.38. The first kappa shape index (κ1) is 19.7. The minimum atomic E-state index is -0.318. The van der Waals surface area contributed by atoms with Crippen LogP contribution in [-0.2, 0) is 19.0 Å². The first-order valence-corrected chi connectivity index (χ1v) is 9.61. The van der Waals surface area contributed by atoms with Crippen LogP contribution in [0.15, 0.2) is 0 Å². The molecule has 0 amide bonds. The first-order valence-electron chi connectivity index (χ1n) is 9.61. The Hall–Kier alpha value is -0.610. The molecule has 1 aliphatic carbocycles. The molecule has 24 heavy (non-hydrogen) atoms. The van der Waals surface area contributed by atoms with Crippen LogP contribution in [0, 0.1) is 22.7 Å². The Morgan fingerprint density at radius 1 is 1.25 bits per heavy atom. The van der Waals surface area contributed by atoms with Crippen molar-refractivity contribution in [2.24, 2.45) is 22.7 Å². The minimum absolute atomic E-state index is 0.0394. The van der Waals surface area contributed by atoms with Gasteiger partial charge in [0.2, 0.25) is 0 Å². The van der Waals surface area contributed by atoms with Crippen molar-refractivity contribution in [1.29, 1.82) is 0 Å². The molecule has 0 aromatic heterocycles. The highest BCUT2D eigenvalue weighted by molar-refractivity contribution is 5.81. The van der Waals surface area contributed by atoms with Gasteiger partial charge in [0.1, 0.15) is 0 Å². The van der Waals surface area contributed by atoms with E-state index in [9.17, 15) is 4.79 Å². The highest BCUT2D eigenvalue weighted by Gasteiger charge is 2.66. The number of carbonyl (C=O) groups is 1. The number of esters is 1. The largest absolute Gasteiger partial charge is 0.466 e. The predicted molar refractivity (Wildman–Crippen MR) is 94.5 cm³/mol. The summed E-state index contributed by atoms with van der Waals surface area (Å²) in [5.41, 5.74) is -0.279. The Bertz CT molecular complexity index is 451. The van der Waals surface area contributed by atoms with Gasteiger partial charge < -0.3 is 14.2 Å². The molecular weight excluding hydrogens is 304 g/mol. The van der Waals surface area contributed by atoms with Crippen molar-refractivity contribution in [3.05, 3.63) is 0 Å². The molecule has 2 rings (SSSR count). The normalized spacial score (nSPS) is 43.3. The fourth-order valence-corrected chi connectivity index (χ4v) is 4.06. The van der Waals surface area contributed by atoms with Crippen LogP contribution in [0.2, 0.25) is 0 Å². The number of hydrogen-bond donors (Lipinski definition) is 0. The molecule has 0 aromatic rings. The van der Waals surface area contributed by atoms with Crippen molar-refractivity contribution in [2.45, 2.75) is 92.6 Å². The summed E-state index contributed by atoms with van der Waals surface area (Å²) < 4.78 is 17.5. The molecule has 1 saturated heterocycles. The van der Waals surface area contributed by atoms with Gasteiger partial charge in [-0.05, 0) is 64.7 Å². The second kappa shape index (κ2) is 7.33. The standard InChI is InChI=1S/C20H36O4/c1-8-22-18(21)20(7)12-19(20,6)10-9-15(4)23-17-14(3)11-13(2)16(5)24-17/h13-17H,8-12H2,1-7H3/t13-,14-,15-,16+,17-,19+,20+/m1/s1. The molecule has 0 radical (unpaired) electrons. The van der Waals surface area contributed by atoms with Gasteiger partial charge >= 0.3 is 5.97 Å². The van der Waals surface area contributed by atoms with Crippen LogP contribution in [0.1, 0.15) is 74.1 Å². The van der Waals surface area contributed by atoms with Crippen LogP contribution >= 0.6 is 0 Å². The molecule has 0 unspecified atom stereocenters. The van der Waals surface area contributed by atoms with Gasteiger partial charge in [0.25, 0.3) is 0 Å². The summed E-state index contributed by atoms with van der Waals surface area (Å²) in [7, 11) is 0. The average Bonchev–Trinajstić information content (AvgIpc) is 3.07. The topological polar surface area (TPSA) is 44.8 Å². The van der Waals surface area contributed by atoms with Crippen LogP contribution in [-0.4, -0.2) is 31.1 Å². The van der Waals surface area contributed by atoms with E-state index < -0.39 is 0 Å². The van der Waals surface area contributed by atoms with Gasteiger partial charge in [-0.15, -0.1) is 0 Å². The van der Waals surface area contributed by atoms with E-state index in [4.69, 9.17) is 14.2 Å². The fraction of sp³-hybridized carbons (Fsp3) is 0.950. The van der Waals surface area contributed by atoms with E-state index in [2.05, 4.69) is 34.6 Å². The summed E-state index contributed by atoms with van der Waals surface area (Å²) in [4.78, 5) is 12.1. The summed E-state index contributed by atoms with van der Waals surface area (Å²) in [6.45, 7) is 15.2. The van der Waals surface area contributed by atoms with Crippen LogP contribution < -0.4 is 0 Å². The van der Waals surface area contributed by atoms with E-state index in [1.54, 1.807) is 0 Å². The molecule has 1 saturated carbocycles. The Kier molecular flexibility index (Phi) is 6.02. The maximum atomic E-state index is 12.1. The summed E-state index contributed by atoms with van der Waals surface area (Å²) in [6, 6.07) is 0. The van der Waals surface area contributed by atoms with E-state index in [0.29, 0.717) is 18.4 Å². The molecule has 7 atom stereocenters. The lowest BCUT2D eigenvalue weighted by molar-refractivity contribution is -0.244. The number of rotatable bonds is 7. The maximum Gasteiger partial charge on any atom is 0.312 e. The molecule has 1 heterocycles. The third-order valence-corrected chi connectivity index (χ3v) is 6.50. The van der Waals surface area contributed by atoms with E-state index >= 15 is 0 Å². The van der Waals surface area contributed by atoms with Gasteiger partial charge in [-0.1, -0.05) is 20.8 Å². The Labute approximate surface area is 147 Å². The molecule has 0 N–H and O–H groups in total. The highest BCUT2D eigenvalue weighted by atomic mass is 16.7. The molecule has 0 aromatic carbocycles. The summed E-state index contributed by atoms with van der Waals surface area (Å²) in [5, 5.41) is 0. The Morgan fingerprint density at radius 2 is 1.92 bits per heavy atom. The molecule has 4 nitrogen and oxygen atoms in total. The molecule has 2 aliphatic rings. The summed E-state index contributed by atoms with van der Waals surface area (Å²) >= 11 is 0. The second-order valence-corrected chi connectivity index (χ2v) is 8.68. The molecule has 0 bridgehead atoms. The van der Waals surface area contributed by atoms with E-state index in [1.807, 2.05) is 13.8 Å². The lowest BCUT2D eigenvalue weighted by Crippen LogP contribution is -2.40. The monoisotopic (exact) mass is 340 g/mol. The van der Waals surface area contributed by atoms with Gasteiger partial charge in [-0.2, -0.15) is 0 Å². The smallest absolute Gasteiger partial charge is 0.312 e. The average molecular weight is 341 g/mol. The van der Waals surface area contributed by atoms with Gasteiger partial charge in [-0.25, -0.2) is 0 Å². The number of carbonyl (C=O) groups excluding carboxylic acids is 1. The highest BCUT2D eigenvalue weighted by Crippen LogP contribution is 2.66. The van der Waals surface area contributed by atoms with Crippen molar-refractivity contribution in [3.63, 3.8) is 0 Å². The summed E-state index contributed by atoms with van der Waals surface area (Å²) in [6.07, 6.45) is 4.29. The van der Waals surface area contributed by atoms with Crippen LogP contribution in [0.4, 0.5) is 0 Å². The van der Waals surface area contributed by atoms with Gasteiger partial charge in [0, 0.05) is 5.92 Å². The molecular formula is C20H36O4. The van der Waals surface area contributed by atoms with Gasteiger partial charge in [-0.3, -0.25) is 4.79 Å². The molecule has 1 aliphatic heterocycles. The van der Waals surface area contributed by atoms with E-state index in [-0.39, 0.29) is 35.3 Å². The van der Waals surface area contributed by atoms with Crippen molar-refractivity contribution in [3.8, 4) is 0 Å². The first-order chi connectivity index (χ1) is 11.1. The predicted octanol–water partition coefficient (Wildman–Crippen LogP) is 4.56. The van der Waals surface area contributed by atoms with Crippen LogP contribution in [0.5, 0.6) is 0 Å². The molecule has 2 fully saturated rings. The lowest BCUT2D eigenvalue weighted by atomic mass is 9.89. The Morgan fingerprint density at radius 3 is 2.54 bits per heavy atom. The third-order valence-electron chi connectivity index (χ3n) is 6.50. The molecule has 0 spiro atoms. The molecule has 140 valence electrons. The number of hydrogen-bond acceptors (Lipinski definition) is 4. The van der Waals surface area contributed by atoms with Crippen molar-refractivity contribution < 1.29 is 19.0 Å². The van der Waals surface area contributed by atoms with Crippen LogP contribution in [0.25, 0.3) is 0 Å². The van der Waals surface area contributed by atoms with Crippen molar-refractivity contribution in [1.82, 2.24) is 0 Å². The Balaban J connectivity index is 1.80. The number of ether oxygens (including phenoxy) is 3. The van der Waals surface area contributed by atoms with Gasteiger partial charge in [0.15, 0.2) is 6.29 Å². The van der Waals surface area contributed by atoms with Crippen molar-refractivity contribution >= 4 is 5.97 Å². The zero-order chi connectivity index (χ0) is 18.1. The van der Waals surface area contributed by atoms with Crippen molar-refractivity contribution in [2.75, 3.05) is 6.61 Å². The third kappa shape index (κ3) is 3.96. The summed E-state index contributed by atoms with van der Waals surface area (Å²) in [5.74, 6) is 0.971. The van der Waals surface area contributed by atoms with E-state index in [0.717, 1.165) is 25.7 Å². The maximum absolute atomic E-state index is 12.1. The zero-order valence-electron chi connectivity index (χ0n) is 16.6. The zero-order valence-corrected chi connectivity index (χ0v) is 16.6. The second-order valence-electron chi connectivity index (χ2n) is 8.68. The molecule has 4 heteroatoms. The minimum Gasteiger partial charge on any atom is -0.466 e. The SMILES string of the molecule is CCOC(=O)[C@]1(C)C[C@]1(C)CC[C@@H](C)O[C@@H]1O[C@@H](C)[C@H](C)C[C@H]1C.